The molecule has 168 valence electrons. The summed E-state index contributed by atoms with van der Waals surface area (Å²) in [6, 6.07) is 0. The molecule has 2 aromatic rings. The first-order valence-corrected chi connectivity index (χ1v) is 13.3. The third kappa shape index (κ3) is 11.6. The summed E-state index contributed by atoms with van der Waals surface area (Å²) >= 11 is 4.35. The molecule has 1 saturated heterocycles. The molecule has 24 heteroatoms. The fraction of sp³-hybridized carbons (Fsp3) is 0.500. The average molecular weight is 595 g/mol. The zero-order valence-electron chi connectivity index (χ0n) is 18.5. The van der Waals surface area contributed by atoms with Gasteiger partial charge in [0, 0.05) is 0 Å². The summed E-state index contributed by atoms with van der Waals surface area (Å²) in [5, 5.41) is 0. The van der Waals surface area contributed by atoms with E-state index < -0.39 is 46.9 Å². The third-order valence-corrected chi connectivity index (χ3v) is 8.25. The van der Waals surface area contributed by atoms with Gasteiger partial charge in [-0.1, -0.05) is 11.8 Å². The van der Waals surface area contributed by atoms with Crippen LogP contribution in [0, 0.1) is 0 Å². The van der Waals surface area contributed by atoms with Crippen molar-refractivity contribution in [2.45, 2.75) is 25.2 Å². The first-order valence-electron chi connectivity index (χ1n) is 7.84. The van der Waals surface area contributed by atoms with E-state index in [0.717, 1.165) is 0 Å². The summed E-state index contributed by atoms with van der Waals surface area (Å²) in [5.41, 5.74) is 5.19. The number of ether oxygens (including phenoxy) is 1. The number of nitrogens with zero attached hydrogens (tertiary/aromatic N) is 3. The molecule has 0 spiro atoms. The molecule has 2 aromatic heterocycles. The van der Waals surface area contributed by atoms with Crippen molar-refractivity contribution in [2.24, 2.45) is 0 Å². The van der Waals surface area contributed by atoms with Crippen LogP contribution in [0.2, 0.25) is 0 Å². The van der Waals surface area contributed by atoms with E-state index in [0.29, 0.717) is 12.8 Å². The molecule has 1 aliphatic rings. The molecular formula is C10H12N5Na4O11P3S. The summed E-state index contributed by atoms with van der Waals surface area (Å²) < 4.78 is 40.5. The van der Waals surface area contributed by atoms with Gasteiger partial charge in [0.15, 0.2) is 11.2 Å². The smallest absolute Gasteiger partial charge is 0.790 e. The van der Waals surface area contributed by atoms with Crippen molar-refractivity contribution in [2.75, 3.05) is 12.3 Å². The zero-order valence-corrected chi connectivity index (χ0v) is 30.0. The summed E-state index contributed by atoms with van der Waals surface area (Å²) in [6.07, 6.45) is 0.651. The molecule has 3 heterocycles. The van der Waals surface area contributed by atoms with Crippen molar-refractivity contribution in [3.63, 3.8) is 0 Å². The summed E-state index contributed by atoms with van der Waals surface area (Å²) in [6.45, 7) is -5.27. The zero-order chi connectivity index (χ0) is 22.3. The minimum atomic E-state index is -5.97. The number of aromatic amines is 1. The molecular weight excluding hydrogens is 583 g/mol. The molecule has 0 aromatic carbocycles. The van der Waals surface area contributed by atoms with E-state index in [9.17, 15) is 33.5 Å². The minimum Gasteiger partial charge on any atom is -0.790 e. The standard InChI is InChI=1S/C10H16N5O11P3S.4Na/c11-10-13-8-7(9(16)14-10)12-4-15(8)6-2-1-5(24-6)3-23-29(22,30)26-28(20,21)25-27(17,18)19;;;;/h4-6H,1-3H2,(H,20,21)(H,22,30)(H2,17,18,19)(H3,11,13,14,16);;;;/q;4*+1/p-4/t5-,6+,29?;;;;/m0..../s1. The SMILES string of the molecule is Nc1nc2c(ncn2[C@H]2CC[C@@H](COP([O-])(=S)OP(=O)([O-])OP(=O)([O-])[O-])O2)c(=O)[nH]1.[Na+].[Na+].[Na+].[Na+]. The van der Waals surface area contributed by atoms with Crippen LogP contribution < -0.4 is 149 Å². The molecule has 1 aliphatic heterocycles. The Labute approximate surface area is 285 Å². The number of H-pyrrole nitrogens is 1. The Kier molecular flexibility index (Phi) is 18.0. The number of nitrogens with one attached hydrogen (secondary N) is 1. The van der Waals surface area contributed by atoms with Crippen molar-refractivity contribution in [1.82, 2.24) is 19.5 Å². The Hall–Kier alpha value is 2.94. The van der Waals surface area contributed by atoms with Crippen molar-refractivity contribution in [3.8, 4) is 0 Å². The van der Waals surface area contributed by atoms with Crippen molar-refractivity contribution >= 4 is 51.3 Å². The maximum atomic E-state index is 11.9. The summed E-state index contributed by atoms with van der Waals surface area (Å²) in [4.78, 5) is 65.9. The van der Waals surface area contributed by atoms with Crippen molar-refractivity contribution in [3.05, 3.63) is 16.7 Å². The predicted molar refractivity (Wildman–Crippen MR) is 93.3 cm³/mol. The van der Waals surface area contributed by atoms with E-state index in [1.54, 1.807) is 0 Å². The van der Waals surface area contributed by atoms with Crippen LogP contribution in [0.4, 0.5) is 5.95 Å². The van der Waals surface area contributed by atoms with Gasteiger partial charge in [-0.2, -0.15) is 4.98 Å². The molecule has 0 aliphatic carbocycles. The van der Waals surface area contributed by atoms with Gasteiger partial charge in [-0.15, -0.1) is 0 Å². The van der Waals surface area contributed by atoms with Crippen LogP contribution in [-0.4, -0.2) is 32.2 Å². The largest absolute Gasteiger partial charge is 1.00 e. The second-order valence-electron chi connectivity index (χ2n) is 5.87. The van der Waals surface area contributed by atoms with Gasteiger partial charge in [0.05, 0.1) is 26.9 Å². The van der Waals surface area contributed by atoms with Gasteiger partial charge in [-0.25, -0.2) is 4.98 Å². The van der Waals surface area contributed by atoms with Crippen molar-refractivity contribution in [1.29, 1.82) is 0 Å². The Morgan fingerprint density at radius 2 is 1.79 bits per heavy atom. The average Bonchev–Trinajstić information content (AvgIpc) is 3.15. The molecule has 34 heavy (non-hydrogen) atoms. The van der Waals surface area contributed by atoms with E-state index in [-0.39, 0.29) is 135 Å². The number of hydrogen-bond acceptors (Lipinski definition) is 15. The number of hydrogen-bond donors (Lipinski definition) is 2. The van der Waals surface area contributed by atoms with Gasteiger partial charge in [-0.3, -0.25) is 27.5 Å². The first kappa shape index (κ1) is 39.1. The molecule has 16 nitrogen and oxygen atoms in total. The molecule has 0 bridgehead atoms. The maximum absolute atomic E-state index is 11.9. The van der Waals surface area contributed by atoms with E-state index in [4.69, 9.17) is 15.0 Å². The minimum absolute atomic E-state index is 0. The van der Waals surface area contributed by atoms with Crippen molar-refractivity contribution < 1.29 is 165 Å². The second-order valence-corrected chi connectivity index (χ2v) is 11.5. The van der Waals surface area contributed by atoms with Crippen LogP contribution in [0.25, 0.3) is 11.2 Å². The van der Waals surface area contributed by atoms with Gasteiger partial charge in [0.1, 0.15) is 12.9 Å². The molecule has 1 fully saturated rings. The maximum Gasteiger partial charge on any atom is 1.00 e. The number of phosphoric acid groups is 2. The monoisotopic (exact) mass is 595 g/mol. The topological polar surface area (TPSA) is 253 Å². The Bertz CT molecular complexity index is 1160. The van der Waals surface area contributed by atoms with Crippen LogP contribution in [0.1, 0.15) is 19.1 Å². The van der Waals surface area contributed by atoms with Crippen LogP contribution >= 0.6 is 22.4 Å². The number of anilines is 1. The molecule has 0 radical (unpaired) electrons. The molecule has 3 N–H and O–H groups in total. The molecule has 0 amide bonds. The Morgan fingerprint density at radius 1 is 1.18 bits per heavy atom. The summed E-state index contributed by atoms with van der Waals surface area (Å²) in [7, 11) is -11.8. The molecule has 2 unspecified atom stereocenters. The molecule has 0 saturated carbocycles. The summed E-state index contributed by atoms with van der Waals surface area (Å²) in [5.74, 6) is -0.124. The van der Waals surface area contributed by atoms with E-state index >= 15 is 0 Å². The van der Waals surface area contributed by atoms with Crippen LogP contribution in [0.3, 0.4) is 0 Å². The fourth-order valence-electron chi connectivity index (χ4n) is 2.63. The van der Waals surface area contributed by atoms with Gasteiger partial charge in [0.25, 0.3) is 13.4 Å². The van der Waals surface area contributed by atoms with Gasteiger partial charge < -0.3 is 39.1 Å². The molecule has 3 rings (SSSR count). The third-order valence-electron chi connectivity index (χ3n) is 3.66. The quantitative estimate of drug-likeness (QED) is 0.212. The predicted octanol–water partition coefficient (Wildman–Crippen LogP) is -14.7. The van der Waals surface area contributed by atoms with Crippen LogP contribution in [0.5, 0.6) is 0 Å². The molecule has 4 atom stereocenters. The number of nitrogen functional groups attached to an aromatic ring is 1. The first-order chi connectivity index (χ1) is 13.7. The van der Waals surface area contributed by atoms with Gasteiger partial charge in [0.2, 0.25) is 5.95 Å². The number of aromatic nitrogens is 4. The normalized spacial score (nSPS) is 21.2. The van der Waals surface area contributed by atoms with Gasteiger partial charge >= 0.3 is 118 Å². The van der Waals surface area contributed by atoms with E-state index in [1.165, 1.54) is 10.9 Å². The number of imidazole rings is 1. The second kappa shape index (κ2) is 15.7. The Morgan fingerprint density at radius 3 is 2.38 bits per heavy atom. The number of fused-ring (bicyclic) bond motifs is 1. The van der Waals surface area contributed by atoms with Crippen LogP contribution in [0.15, 0.2) is 11.1 Å². The number of rotatable bonds is 8. The van der Waals surface area contributed by atoms with Crippen LogP contribution in [-0.2, 0) is 38.8 Å². The van der Waals surface area contributed by atoms with E-state index in [1.807, 2.05) is 0 Å². The fourth-order valence-corrected chi connectivity index (χ4v) is 6.43. The van der Waals surface area contributed by atoms with Gasteiger partial charge in [-0.05, 0) is 12.8 Å². The number of nitrogens with two attached hydrogens (primary N) is 1. The van der Waals surface area contributed by atoms with E-state index in [2.05, 4.69) is 35.4 Å². The Balaban J connectivity index is 0.